The number of aryl methyl sites for hydroxylation is 1. The minimum absolute atomic E-state index is 0.161. The highest BCUT2D eigenvalue weighted by atomic mass is 32.2. The molecule has 0 aliphatic rings. The lowest BCUT2D eigenvalue weighted by Crippen LogP contribution is -2.13. The van der Waals surface area contributed by atoms with E-state index in [1.165, 1.54) is 5.56 Å². The minimum atomic E-state index is -0.161. The summed E-state index contributed by atoms with van der Waals surface area (Å²) in [5, 5.41) is 3.00. The van der Waals surface area contributed by atoms with Gasteiger partial charge in [0.1, 0.15) is 18.1 Å². The fourth-order valence-electron chi connectivity index (χ4n) is 2.87. The van der Waals surface area contributed by atoms with Gasteiger partial charge in [-0.1, -0.05) is 29.8 Å². The summed E-state index contributed by atoms with van der Waals surface area (Å²) in [5.74, 6) is 1.34. The zero-order chi connectivity index (χ0) is 20.6. The molecule has 3 aromatic carbocycles. The van der Waals surface area contributed by atoms with Gasteiger partial charge in [-0.05, 0) is 62.6 Å². The van der Waals surface area contributed by atoms with Crippen molar-refractivity contribution in [2.75, 3.05) is 18.2 Å². The summed E-state index contributed by atoms with van der Waals surface area (Å²) < 4.78 is 11.6. The van der Waals surface area contributed by atoms with E-state index in [4.69, 9.17) is 9.47 Å². The number of anilines is 1. The molecule has 4 nitrogen and oxygen atoms in total. The zero-order valence-electron chi connectivity index (χ0n) is 16.9. The first kappa shape index (κ1) is 20.8. The van der Waals surface area contributed by atoms with E-state index in [2.05, 4.69) is 5.32 Å². The second-order valence-electron chi connectivity index (χ2n) is 6.51. The average Bonchev–Trinajstić information content (AvgIpc) is 2.74. The summed E-state index contributed by atoms with van der Waals surface area (Å²) in [6.45, 7) is 4.84. The van der Waals surface area contributed by atoms with Crippen molar-refractivity contribution in [2.45, 2.75) is 25.3 Å². The molecule has 0 aliphatic carbocycles. The highest BCUT2D eigenvalue weighted by molar-refractivity contribution is 7.98. The Kier molecular flexibility index (Phi) is 7.19. The monoisotopic (exact) mass is 407 g/mol. The molecule has 5 heteroatoms. The second-order valence-corrected chi connectivity index (χ2v) is 7.36. The zero-order valence-corrected chi connectivity index (χ0v) is 17.7. The summed E-state index contributed by atoms with van der Waals surface area (Å²) in [6, 6.07) is 21.1. The Balaban J connectivity index is 1.79. The normalized spacial score (nSPS) is 10.4. The number of carbonyl (C=O) groups excluding carboxylic acids is 1. The number of thioether (sulfide) groups is 1. The molecule has 0 spiro atoms. The van der Waals surface area contributed by atoms with Crippen LogP contribution in [0.15, 0.2) is 71.6 Å². The first-order chi connectivity index (χ1) is 14.1. The van der Waals surface area contributed by atoms with Gasteiger partial charge in [0.05, 0.1) is 12.3 Å². The van der Waals surface area contributed by atoms with Crippen LogP contribution in [0, 0.1) is 6.92 Å². The summed E-state index contributed by atoms with van der Waals surface area (Å²) >= 11 is 1.60. The van der Waals surface area contributed by atoms with E-state index in [-0.39, 0.29) is 5.91 Å². The van der Waals surface area contributed by atoms with Crippen LogP contribution >= 0.6 is 11.8 Å². The number of carbonyl (C=O) groups is 1. The maximum absolute atomic E-state index is 12.8. The van der Waals surface area contributed by atoms with Gasteiger partial charge in [-0.2, -0.15) is 0 Å². The number of rotatable bonds is 8. The lowest BCUT2D eigenvalue weighted by molar-refractivity contribution is 0.102. The lowest BCUT2D eigenvalue weighted by atomic mass is 10.1. The van der Waals surface area contributed by atoms with Crippen LogP contribution in [0.1, 0.15) is 28.4 Å². The largest absolute Gasteiger partial charge is 0.493 e. The molecule has 1 amide bonds. The predicted octanol–water partition coefficient (Wildman–Crippen LogP) is 5.95. The maximum atomic E-state index is 12.8. The molecule has 1 N–H and O–H groups in total. The van der Waals surface area contributed by atoms with Crippen LogP contribution in [0.4, 0.5) is 5.69 Å². The topological polar surface area (TPSA) is 47.6 Å². The molecular formula is C24H25NO3S. The van der Waals surface area contributed by atoms with E-state index in [0.717, 1.165) is 27.6 Å². The molecular weight excluding hydrogens is 382 g/mol. The molecule has 29 heavy (non-hydrogen) atoms. The first-order valence-electron chi connectivity index (χ1n) is 9.50. The van der Waals surface area contributed by atoms with Gasteiger partial charge in [0.15, 0.2) is 0 Å². The van der Waals surface area contributed by atoms with Gasteiger partial charge in [-0.15, -0.1) is 11.8 Å². The second kappa shape index (κ2) is 10.0. The van der Waals surface area contributed by atoms with Crippen LogP contribution in [0.2, 0.25) is 0 Å². The number of ether oxygens (including phenoxy) is 2. The van der Waals surface area contributed by atoms with Gasteiger partial charge in [-0.25, -0.2) is 0 Å². The van der Waals surface area contributed by atoms with E-state index in [1.54, 1.807) is 17.8 Å². The molecule has 0 radical (unpaired) electrons. The predicted molar refractivity (Wildman–Crippen MR) is 119 cm³/mol. The smallest absolute Gasteiger partial charge is 0.255 e. The Morgan fingerprint density at radius 3 is 2.48 bits per heavy atom. The van der Waals surface area contributed by atoms with Crippen molar-refractivity contribution >= 4 is 23.4 Å². The number of para-hydroxylation sites is 1. The number of benzene rings is 3. The fourth-order valence-corrected chi connectivity index (χ4v) is 3.42. The molecule has 0 aromatic heterocycles. The third kappa shape index (κ3) is 5.55. The minimum Gasteiger partial charge on any atom is -0.493 e. The molecule has 0 saturated carbocycles. The third-order valence-electron chi connectivity index (χ3n) is 4.39. The highest BCUT2D eigenvalue weighted by Gasteiger charge is 2.13. The standard InChI is InChI=1S/C24H25NO3S/c1-4-27-22-14-11-18(24(26)25-21-7-5-6-8-23(21)29-3)15-19(22)16-28-20-12-9-17(2)10-13-20/h5-15H,4,16H2,1-3H3,(H,25,26). The molecule has 0 saturated heterocycles. The Bertz CT molecular complexity index is 970. The lowest BCUT2D eigenvalue weighted by Gasteiger charge is -2.14. The van der Waals surface area contributed by atoms with Gasteiger partial charge in [-0.3, -0.25) is 4.79 Å². The van der Waals surface area contributed by atoms with Gasteiger partial charge in [0.2, 0.25) is 0 Å². The molecule has 0 heterocycles. The first-order valence-corrected chi connectivity index (χ1v) is 10.7. The van der Waals surface area contributed by atoms with Crippen LogP contribution in [-0.4, -0.2) is 18.8 Å². The van der Waals surface area contributed by atoms with Gasteiger partial charge >= 0.3 is 0 Å². The van der Waals surface area contributed by atoms with Crippen molar-refractivity contribution in [1.82, 2.24) is 0 Å². The van der Waals surface area contributed by atoms with Crippen LogP contribution in [0.25, 0.3) is 0 Å². The van der Waals surface area contributed by atoms with E-state index < -0.39 is 0 Å². The molecule has 0 unspecified atom stereocenters. The number of hydrogen-bond donors (Lipinski definition) is 1. The van der Waals surface area contributed by atoms with Gasteiger partial charge < -0.3 is 14.8 Å². The van der Waals surface area contributed by atoms with Crippen molar-refractivity contribution in [3.05, 3.63) is 83.4 Å². The molecule has 0 atom stereocenters. The molecule has 0 fully saturated rings. The van der Waals surface area contributed by atoms with Gasteiger partial charge in [0.25, 0.3) is 5.91 Å². The number of nitrogens with one attached hydrogen (secondary N) is 1. The third-order valence-corrected chi connectivity index (χ3v) is 5.19. The van der Waals surface area contributed by atoms with Crippen molar-refractivity contribution in [2.24, 2.45) is 0 Å². The van der Waals surface area contributed by atoms with Crippen molar-refractivity contribution in [1.29, 1.82) is 0 Å². The van der Waals surface area contributed by atoms with E-state index in [0.29, 0.717) is 18.8 Å². The fraction of sp³-hybridized carbons (Fsp3) is 0.208. The summed E-state index contributed by atoms with van der Waals surface area (Å²) in [4.78, 5) is 13.8. The Morgan fingerprint density at radius 1 is 1.00 bits per heavy atom. The average molecular weight is 408 g/mol. The maximum Gasteiger partial charge on any atom is 0.255 e. The SMILES string of the molecule is CCOc1ccc(C(=O)Nc2ccccc2SC)cc1COc1ccc(C)cc1. The van der Waals surface area contributed by atoms with Crippen molar-refractivity contribution in [3.8, 4) is 11.5 Å². The van der Waals surface area contributed by atoms with Crippen molar-refractivity contribution < 1.29 is 14.3 Å². The quantitative estimate of drug-likeness (QED) is 0.469. The van der Waals surface area contributed by atoms with Crippen molar-refractivity contribution in [3.63, 3.8) is 0 Å². The van der Waals surface area contributed by atoms with Gasteiger partial charge in [0, 0.05) is 16.0 Å². The van der Waals surface area contributed by atoms with E-state index >= 15 is 0 Å². The molecule has 3 aromatic rings. The molecule has 0 bridgehead atoms. The Morgan fingerprint density at radius 2 is 1.76 bits per heavy atom. The van der Waals surface area contributed by atoms with E-state index in [9.17, 15) is 4.79 Å². The summed E-state index contributed by atoms with van der Waals surface area (Å²) in [7, 11) is 0. The molecule has 3 rings (SSSR count). The summed E-state index contributed by atoms with van der Waals surface area (Å²) in [5.41, 5.74) is 3.37. The van der Waals surface area contributed by atoms with Crippen LogP contribution in [0.5, 0.6) is 11.5 Å². The van der Waals surface area contributed by atoms with Crippen LogP contribution < -0.4 is 14.8 Å². The summed E-state index contributed by atoms with van der Waals surface area (Å²) in [6.07, 6.45) is 1.99. The number of hydrogen-bond acceptors (Lipinski definition) is 4. The Hall–Kier alpha value is -2.92. The molecule has 0 aliphatic heterocycles. The molecule has 150 valence electrons. The van der Waals surface area contributed by atoms with Crippen LogP contribution in [-0.2, 0) is 6.61 Å². The number of amides is 1. The van der Waals surface area contributed by atoms with E-state index in [1.807, 2.05) is 80.8 Å². The Labute approximate surface area is 176 Å². The van der Waals surface area contributed by atoms with Crippen LogP contribution in [0.3, 0.4) is 0 Å². The highest BCUT2D eigenvalue weighted by Crippen LogP contribution is 2.27.